The summed E-state index contributed by atoms with van der Waals surface area (Å²) in [5, 5.41) is 1.14. The Bertz CT molecular complexity index is 1130. The number of aromatic nitrogens is 1. The molecule has 4 rings (SSSR count). The average molecular weight is 461 g/mol. The number of nitrogens with zero attached hydrogens (tertiary/aromatic N) is 2. The zero-order chi connectivity index (χ0) is 24.3. The van der Waals surface area contributed by atoms with Crippen molar-refractivity contribution < 1.29 is 14.3 Å². The molecule has 1 saturated heterocycles. The number of benzene rings is 2. The Morgan fingerprint density at radius 2 is 1.68 bits per heavy atom. The molecule has 1 fully saturated rings. The Kier molecular flexibility index (Phi) is 6.94. The van der Waals surface area contributed by atoms with Crippen LogP contribution in [0.1, 0.15) is 53.0 Å². The highest BCUT2D eigenvalue weighted by molar-refractivity contribution is 5.84. The van der Waals surface area contributed by atoms with Crippen LogP contribution in [0.15, 0.2) is 60.8 Å². The maximum absolute atomic E-state index is 12.5. The zero-order valence-corrected chi connectivity index (χ0v) is 21.0. The van der Waals surface area contributed by atoms with Crippen molar-refractivity contribution in [2.24, 2.45) is 5.92 Å². The Labute approximate surface area is 203 Å². The van der Waals surface area contributed by atoms with Gasteiger partial charge in [-0.25, -0.2) is 4.79 Å². The van der Waals surface area contributed by atoms with Crippen LogP contribution in [0.4, 0.5) is 4.79 Å². The number of rotatable bonds is 5. The van der Waals surface area contributed by atoms with E-state index in [1.807, 2.05) is 44.9 Å². The summed E-state index contributed by atoms with van der Waals surface area (Å²) in [6.45, 7) is 12.0. The summed E-state index contributed by atoms with van der Waals surface area (Å²) in [5.41, 5.74) is 3.61. The second-order valence-electron chi connectivity index (χ2n) is 10.3. The molecule has 0 radical (unpaired) electrons. The number of pyridine rings is 1. The summed E-state index contributed by atoms with van der Waals surface area (Å²) >= 11 is 0. The van der Waals surface area contributed by atoms with Gasteiger partial charge < -0.3 is 14.4 Å². The van der Waals surface area contributed by atoms with E-state index in [9.17, 15) is 4.79 Å². The van der Waals surface area contributed by atoms with Gasteiger partial charge in [-0.2, -0.15) is 0 Å². The van der Waals surface area contributed by atoms with E-state index < -0.39 is 11.2 Å². The van der Waals surface area contributed by atoms with E-state index in [4.69, 9.17) is 9.47 Å². The Morgan fingerprint density at radius 3 is 2.32 bits per heavy atom. The van der Waals surface area contributed by atoms with E-state index in [1.54, 1.807) is 0 Å². The average Bonchev–Trinajstić information content (AvgIpc) is 2.83. The number of amides is 1. The predicted molar refractivity (Wildman–Crippen MR) is 137 cm³/mol. The molecule has 1 aliphatic rings. The molecule has 0 saturated carbocycles. The standard InChI is InChI=1S/C29H36N2O3/c1-6-33-29(5,25-15-18-31(19-16-25)27(32)34-28(2,3)4)24-13-11-21(12-14-24)23-10-9-22-8-7-17-30-26(22)20-23/h7-14,17,20,25H,6,15-16,18-19H2,1-5H3. The van der Waals surface area contributed by atoms with Crippen molar-refractivity contribution in [3.8, 4) is 11.1 Å². The molecule has 5 nitrogen and oxygen atoms in total. The smallest absolute Gasteiger partial charge is 0.410 e. The molecule has 0 bridgehead atoms. The zero-order valence-electron chi connectivity index (χ0n) is 21.0. The molecule has 2 aromatic carbocycles. The van der Waals surface area contributed by atoms with Crippen LogP contribution in [0, 0.1) is 5.92 Å². The van der Waals surface area contributed by atoms with Crippen LogP contribution in [-0.2, 0) is 15.1 Å². The topological polar surface area (TPSA) is 51.7 Å². The van der Waals surface area contributed by atoms with Crippen molar-refractivity contribution in [1.82, 2.24) is 9.88 Å². The molecule has 180 valence electrons. The van der Waals surface area contributed by atoms with Gasteiger partial charge in [0.2, 0.25) is 0 Å². The van der Waals surface area contributed by atoms with Crippen LogP contribution >= 0.6 is 0 Å². The molecule has 3 aromatic rings. The Balaban J connectivity index is 1.50. The lowest BCUT2D eigenvalue weighted by Crippen LogP contribution is -2.46. The maximum Gasteiger partial charge on any atom is 0.410 e. The van der Waals surface area contributed by atoms with Crippen LogP contribution in [0.2, 0.25) is 0 Å². The van der Waals surface area contributed by atoms with Crippen molar-refractivity contribution in [1.29, 1.82) is 0 Å². The largest absolute Gasteiger partial charge is 0.444 e. The molecule has 1 aliphatic heterocycles. The Hall–Kier alpha value is -2.92. The maximum atomic E-state index is 12.5. The Morgan fingerprint density at radius 1 is 1.00 bits per heavy atom. The molecule has 2 heterocycles. The number of fused-ring (bicyclic) bond motifs is 1. The highest BCUT2D eigenvalue weighted by atomic mass is 16.6. The number of hydrogen-bond acceptors (Lipinski definition) is 4. The first-order valence-corrected chi connectivity index (χ1v) is 12.3. The summed E-state index contributed by atoms with van der Waals surface area (Å²) in [6, 6.07) is 19.2. The minimum atomic E-state index is -0.476. The van der Waals surface area contributed by atoms with Crippen LogP contribution < -0.4 is 0 Å². The van der Waals surface area contributed by atoms with Gasteiger partial charge in [-0.15, -0.1) is 0 Å². The third kappa shape index (κ3) is 5.25. The van der Waals surface area contributed by atoms with Gasteiger partial charge in [0.25, 0.3) is 0 Å². The van der Waals surface area contributed by atoms with Crippen molar-refractivity contribution in [3.05, 3.63) is 66.4 Å². The molecule has 1 aromatic heterocycles. The number of carbonyl (C=O) groups excluding carboxylic acids is 1. The highest BCUT2D eigenvalue weighted by Crippen LogP contribution is 2.40. The summed E-state index contributed by atoms with van der Waals surface area (Å²) in [4.78, 5) is 18.8. The minimum absolute atomic E-state index is 0.224. The molecule has 34 heavy (non-hydrogen) atoms. The van der Waals surface area contributed by atoms with Crippen molar-refractivity contribution in [2.45, 2.75) is 58.7 Å². The van der Waals surface area contributed by atoms with E-state index in [-0.39, 0.29) is 6.09 Å². The monoisotopic (exact) mass is 460 g/mol. The van der Waals surface area contributed by atoms with Crippen molar-refractivity contribution >= 4 is 17.0 Å². The third-order valence-electron chi connectivity index (χ3n) is 6.77. The lowest BCUT2D eigenvalue weighted by atomic mass is 9.77. The van der Waals surface area contributed by atoms with Crippen LogP contribution in [0.5, 0.6) is 0 Å². The van der Waals surface area contributed by atoms with Crippen LogP contribution in [-0.4, -0.2) is 41.3 Å². The summed E-state index contributed by atoms with van der Waals surface area (Å²) in [5.74, 6) is 0.321. The fraction of sp³-hybridized carbons (Fsp3) is 0.448. The number of hydrogen-bond donors (Lipinski definition) is 0. The minimum Gasteiger partial charge on any atom is -0.444 e. The van der Waals surface area contributed by atoms with E-state index in [0.717, 1.165) is 34.9 Å². The number of carbonyl (C=O) groups is 1. The van der Waals surface area contributed by atoms with Gasteiger partial charge in [-0.05, 0) is 82.2 Å². The number of ether oxygens (including phenoxy) is 2. The lowest BCUT2D eigenvalue weighted by molar-refractivity contribution is -0.0909. The lowest BCUT2D eigenvalue weighted by Gasteiger charge is -2.43. The molecular formula is C29H36N2O3. The summed E-state index contributed by atoms with van der Waals surface area (Å²) in [6.07, 6.45) is 3.37. The quantitative estimate of drug-likeness (QED) is 0.420. The van der Waals surface area contributed by atoms with E-state index in [2.05, 4.69) is 60.4 Å². The van der Waals surface area contributed by atoms with Gasteiger partial charge in [0, 0.05) is 31.3 Å². The van der Waals surface area contributed by atoms with Gasteiger partial charge >= 0.3 is 6.09 Å². The molecule has 5 heteroatoms. The van der Waals surface area contributed by atoms with Crippen molar-refractivity contribution in [3.63, 3.8) is 0 Å². The first-order valence-electron chi connectivity index (χ1n) is 12.3. The number of piperidine rings is 1. The van der Waals surface area contributed by atoms with Gasteiger partial charge in [0.15, 0.2) is 0 Å². The molecule has 1 unspecified atom stereocenters. The molecular weight excluding hydrogens is 424 g/mol. The van der Waals surface area contributed by atoms with Gasteiger partial charge in [-0.3, -0.25) is 4.98 Å². The van der Waals surface area contributed by atoms with Gasteiger partial charge in [0.1, 0.15) is 5.60 Å². The van der Waals surface area contributed by atoms with Gasteiger partial charge in [-0.1, -0.05) is 42.5 Å². The summed E-state index contributed by atoms with van der Waals surface area (Å²) in [7, 11) is 0. The molecule has 0 N–H and O–H groups in total. The fourth-order valence-corrected chi connectivity index (χ4v) is 4.92. The molecule has 0 aliphatic carbocycles. The molecule has 1 amide bonds. The molecule has 1 atom stereocenters. The van der Waals surface area contributed by atoms with Crippen molar-refractivity contribution in [2.75, 3.05) is 19.7 Å². The second-order valence-corrected chi connectivity index (χ2v) is 10.3. The third-order valence-corrected chi connectivity index (χ3v) is 6.77. The van der Waals surface area contributed by atoms with E-state index in [0.29, 0.717) is 25.6 Å². The molecule has 0 spiro atoms. The highest BCUT2D eigenvalue weighted by Gasteiger charge is 2.40. The van der Waals surface area contributed by atoms with Crippen LogP contribution in [0.3, 0.4) is 0 Å². The summed E-state index contributed by atoms with van der Waals surface area (Å²) < 4.78 is 12.0. The fourth-order valence-electron chi connectivity index (χ4n) is 4.92. The van der Waals surface area contributed by atoms with E-state index >= 15 is 0 Å². The predicted octanol–water partition coefficient (Wildman–Crippen LogP) is 6.80. The van der Waals surface area contributed by atoms with Crippen LogP contribution in [0.25, 0.3) is 22.0 Å². The normalized spacial score (nSPS) is 16.9. The first kappa shape index (κ1) is 24.2. The SMILES string of the molecule is CCOC(C)(c1ccc(-c2ccc3cccnc3c2)cc1)C1CCN(C(=O)OC(C)(C)C)CC1. The first-order chi connectivity index (χ1) is 16.2. The van der Waals surface area contributed by atoms with Gasteiger partial charge in [0.05, 0.1) is 11.1 Å². The second kappa shape index (κ2) is 9.75. The number of likely N-dealkylation sites (tertiary alicyclic amines) is 1. The van der Waals surface area contributed by atoms with E-state index in [1.165, 1.54) is 5.56 Å².